The fourth-order valence-corrected chi connectivity index (χ4v) is 10.5. The molecule has 3 aliphatic rings. The van der Waals surface area contributed by atoms with Gasteiger partial charge in [0.1, 0.15) is 28.4 Å². The van der Waals surface area contributed by atoms with Crippen LogP contribution in [0.3, 0.4) is 0 Å². The number of nitrogens with two attached hydrogens (primary N) is 1. The Bertz CT molecular complexity index is 4390. The molecule has 7 heterocycles. The van der Waals surface area contributed by atoms with Gasteiger partial charge in [0.15, 0.2) is 17.1 Å². The smallest absolute Gasteiger partial charge is 0.399 e. The maximum atomic E-state index is 13.6. The van der Waals surface area contributed by atoms with E-state index in [-0.39, 0.29) is 85.5 Å². The molecule has 0 saturated heterocycles. The maximum Gasteiger partial charge on any atom is 0.419 e. The molecule has 0 atom stereocenters. The van der Waals surface area contributed by atoms with Crippen LogP contribution in [0.4, 0.5) is 108 Å². The molecule has 22 nitrogen and oxygen atoms in total. The molecule has 6 aromatic heterocycles. The van der Waals surface area contributed by atoms with Gasteiger partial charge in [0.05, 0.1) is 50.8 Å². The van der Waals surface area contributed by atoms with E-state index in [0.29, 0.717) is 62.5 Å². The van der Waals surface area contributed by atoms with Gasteiger partial charge >= 0.3 is 18.5 Å². The number of anilines is 12. The number of carbonyl (C=O) groups is 6. The number of rotatable bonds is 13. The zero-order valence-electron chi connectivity index (χ0n) is 53.0. The van der Waals surface area contributed by atoms with Crippen molar-refractivity contribution in [1.29, 1.82) is 0 Å². The van der Waals surface area contributed by atoms with Gasteiger partial charge in [0.25, 0.3) is 17.7 Å². The van der Waals surface area contributed by atoms with E-state index in [1.807, 2.05) is 36.4 Å². The highest BCUT2D eigenvalue weighted by molar-refractivity contribution is 6.29. The lowest BCUT2D eigenvalue weighted by Crippen LogP contribution is -2.21. The third kappa shape index (κ3) is 18.9. The zero-order chi connectivity index (χ0) is 72.1. The van der Waals surface area contributed by atoms with Crippen LogP contribution in [0, 0.1) is 0 Å². The predicted octanol–water partition coefficient (Wildman–Crippen LogP) is 13.2. The number of carbonyl (C=O) groups excluding carboxylic acids is 6. The summed E-state index contributed by atoms with van der Waals surface area (Å²) < 4.78 is 121. The van der Waals surface area contributed by atoms with Crippen LogP contribution in [0.15, 0.2) is 146 Å². The van der Waals surface area contributed by atoms with Crippen molar-refractivity contribution in [1.82, 2.24) is 45.9 Å². The molecular formula is C68H60ClF9N16O6. The van der Waals surface area contributed by atoms with E-state index in [0.717, 1.165) is 64.1 Å². The predicted molar refractivity (Wildman–Crippen MR) is 357 cm³/mol. The van der Waals surface area contributed by atoms with Crippen molar-refractivity contribution < 1.29 is 68.3 Å². The van der Waals surface area contributed by atoms with Crippen molar-refractivity contribution in [3.8, 4) is 0 Å². The number of benzene rings is 3. The number of amides is 4. The summed E-state index contributed by atoms with van der Waals surface area (Å²) >= 11 is 5.65. The molecule has 518 valence electrons. The number of aromatic nitrogens is 6. The van der Waals surface area contributed by atoms with Gasteiger partial charge in [0, 0.05) is 125 Å². The van der Waals surface area contributed by atoms with Crippen LogP contribution in [-0.4, -0.2) is 86.2 Å². The van der Waals surface area contributed by atoms with E-state index in [1.165, 1.54) is 88.3 Å². The Kier molecular flexibility index (Phi) is 22.9. The first-order valence-corrected chi connectivity index (χ1v) is 30.6. The van der Waals surface area contributed by atoms with Gasteiger partial charge in [-0.2, -0.15) is 39.5 Å². The fourth-order valence-electron chi connectivity index (χ4n) is 10.4. The lowest BCUT2D eigenvalue weighted by Gasteiger charge is -2.18. The Morgan fingerprint density at radius 3 is 1.22 bits per heavy atom. The molecule has 32 heteroatoms. The number of pyridine rings is 6. The number of ketones is 2. The first-order valence-electron chi connectivity index (χ1n) is 30.3. The number of halogens is 10. The van der Waals surface area contributed by atoms with Crippen LogP contribution >= 0.6 is 11.6 Å². The summed E-state index contributed by atoms with van der Waals surface area (Å²) in [5.41, 5.74) is 10.1. The van der Waals surface area contributed by atoms with E-state index in [2.05, 4.69) is 77.8 Å². The number of nitrogens with one attached hydrogen (secondary N) is 9. The Labute approximate surface area is 569 Å². The van der Waals surface area contributed by atoms with Crippen molar-refractivity contribution in [2.24, 2.45) is 0 Å². The summed E-state index contributed by atoms with van der Waals surface area (Å²) in [6, 6.07) is 28.9. The van der Waals surface area contributed by atoms with Crippen molar-refractivity contribution in [3.63, 3.8) is 0 Å². The normalized spacial score (nSPS) is 13.0. The van der Waals surface area contributed by atoms with Gasteiger partial charge < -0.3 is 53.6 Å². The van der Waals surface area contributed by atoms with Crippen LogP contribution in [0.1, 0.15) is 95.2 Å². The minimum atomic E-state index is -4.67. The van der Waals surface area contributed by atoms with Crippen LogP contribution in [0.25, 0.3) is 0 Å². The van der Waals surface area contributed by atoms with E-state index in [1.54, 1.807) is 18.2 Å². The highest BCUT2D eigenvalue weighted by Crippen LogP contribution is 2.41. The second-order valence-corrected chi connectivity index (χ2v) is 22.6. The quantitative estimate of drug-likeness (QED) is 0.0291. The lowest BCUT2D eigenvalue weighted by molar-refractivity contribution is -0.138. The number of fused-ring (bicyclic) bond motifs is 3. The van der Waals surface area contributed by atoms with E-state index < -0.39 is 52.9 Å². The molecule has 0 spiro atoms. The van der Waals surface area contributed by atoms with Crippen molar-refractivity contribution in [3.05, 3.63) is 213 Å². The number of nitrogens with zero attached hydrogens (tertiary/aromatic N) is 6. The van der Waals surface area contributed by atoms with Crippen LogP contribution in [0.2, 0.25) is 5.15 Å². The van der Waals surface area contributed by atoms with Gasteiger partial charge in [0.2, 0.25) is 5.91 Å². The average Bonchev–Trinajstić information content (AvgIpc) is 0.722. The third-order valence-corrected chi connectivity index (χ3v) is 15.5. The SMILES string of the molecule is CNC(=O)c1ncccc1Nc1cc(Cl)ncc1C(F)(F)F.CNC(=O)c1ncccc1Nc1cc(Nc2ccc3c(c2)CCC(=O)C3)ncc1C(F)(F)F.CNC(=O)c1ncccc1Nc1cc(Nc2ccc3c(c2)CCC(=O)C3)ncc1C(F)(F)F.Nc1ccc2c(c1)CCC(=O)N2. The molecular weight excluding hydrogens is 1340 g/mol. The van der Waals surface area contributed by atoms with Gasteiger partial charge in [-0.25, -0.2) is 29.9 Å². The van der Waals surface area contributed by atoms with Crippen molar-refractivity contribution in [2.45, 2.75) is 69.9 Å². The zero-order valence-corrected chi connectivity index (χ0v) is 53.8. The first-order chi connectivity index (χ1) is 47.6. The molecule has 0 unspecified atom stereocenters. The highest BCUT2D eigenvalue weighted by Gasteiger charge is 2.37. The van der Waals surface area contributed by atoms with Gasteiger partial charge in [-0.3, -0.25) is 28.8 Å². The number of hydrogen-bond donors (Lipinski definition) is 10. The Balaban J connectivity index is 0.000000164. The highest BCUT2D eigenvalue weighted by atomic mass is 35.5. The number of hydrogen-bond acceptors (Lipinski definition) is 18. The standard InChI is InChI=1S/2C23H20F3N5O2.C13H10ClF3N4O.C9H10N2O/c2*1-27-22(33)21-18(3-2-8-28-21)31-19-11-20(29-12-17(19)23(24,25)26)30-15-6-4-14-10-16(32)7-5-13(14)9-15;1-18-12(22)11-8(3-2-4-19-11)21-9-5-10(14)20-6-7(9)13(15,16)17;10-7-2-3-8-6(5-7)1-4-9(12)11-8/h2*2-4,6,8-9,11-12H,5,7,10H2,1H3,(H,27,33)(H2,29,30,31);2-6H,1H3,(H,18,22)(H,20,21);2-3,5H,1,4,10H2,(H,11,12). The minimum Gasteiger partial charge on any atom is -0.399 e. The molecule has 0 saturated carbocycles. The molecule has 0 radical (unpaired) electrons. The largest absolute Gasteiger partial charge is 0.419 e. The molecule has 3 aromatic carbocycles. The van der Waals surface area contributed by atoms with Crippen LogP contribution in [-0.2, 0) is 65.0 Å². The third-order valence-electron chi connectivity index (χ3n) is 15.3. The lowest BCUT2D eigenvalue weighted by atomic mass is 9.90. The monoisotopic (exact) mass is 1400 g/mol. The van der Waals surface area contributed by atoms with Crippen molar-refractivity contribution >= 4 is 115 Å². The minimum absolute atomic E-state index is 0.0361. The summed E-state index contributed by atoms with van der Waals surface area (Å²) in [7, 11) is 4.21. The van der Waals surface area contributed by atoms with Gasteiger partial charge in [-0.15, -0.1) is 0 Å². The number of Topliss-reactive ketones (excluding diaryl/α,β-unsaturated/α-hetero) is 2. The molecule has 100 heavy (non-hydrogen) atoms. The number of aryl methyl sites for hydroxylation is 3. The summed E-state index contributed by atoms with van der Waals surface area (Å²) in [5.74, 6) is -0.766. The van der Waals surface area contributed by atoms with Crippen LogP contribution in [0.5, 0.6) is 0 Å². The second kappa shape index (κ2) is 31.6. The molecule has 11 N–H and O–H groups in total. The molecule has 4 amide bonds. The van der Waals surface area contributed by atoms with Gasteiger partial charge in [-0.05, 0) is 132 Å². The molecule has 12 rings (SSSR count). The Morgan fingerprint density at radius 2 is 0.820 bits per heavy atom. The Morgan fingerprint density at radius 1 is 0.430 bits per heavy atom. The fraction of sp³-hybridized carbons (Fsp3) is 0.206. The molecule has 1 aliphatic heterocycles. The number of alkyl halides is 9. The summed E-state index contributed by atoms with van der Waals surface area (Å²) in [4.78, 5) is 93.1. The van der Waals surface area contributed by atoms with E-state index >= 15 is 0 Å². The first kappa shape index (κ1) is 72.5. The maximum absolute atomic E-state index is 13.6. The molecule has 0 fully saturated rings. The van der Waals surface area contributed by atoms with Crippen LogP contribution < -0.4 is 53.6 Å². The Hall–Kier alpha value is -11.8. The molecule has 0 bridgehead atoms. The topological polar surface area (TPSA) is 314 Å². The van der Waals surface area contributed by atoms with Gasteiger partial charge in [-0.1, -0.05) is 23.7 Å². The second-order valence-electron chi connectivity index (χ2n) is 22.2. The summed E-state index contributed by atoms with van der Waals surface area (Å²) in [6.45, 7) is 0. The number of nitrogen functional groups attached to an aromatic ring is 1. The molecule has 9 aromatic rings. The van der Waals surface area contributed by atoms with Crippen molar-refractivity contribution in [2.75, 3.05) is 58.8 Å². The summed E-state index contributed by atoms with van der Waals surface area (Å²) in [5, 5.41) is 23.8. The molecule has 2 aliphatic carbocycles. The van der Waals surface area contributed by atoms with E-state index in [4.69, 9.17) is 17.3 Å². The average molecular weight is 1400 g/mol. The van der Waals surface area contributed by atoms with E-state index in [9.17, 15) is 68.3 Å². The summed E-state index contributed by atoms with van der Waals surface area (Å²) in [6.07, 6.45) is -3.39.